The molecule has 0 aromatic heterocycles. The van der Waals surface area contributed by atoms with Crippen molar-refractivity contribution in [2.75, 3.05) is 19.6 Å². The number of para-hydroxylation sites is 3. The van der Waals surface area contributed by atoms with E-state index < -0.39 is 0 Å². The Kier molecular flexibility index (Phi) is 16.9. The lowest BCUT2D eigenvalue weighted by molar-refractivity contribution is 0.590. The van der Waals surface area contributed by atoms with Gasteiger partial charge in [-0.05, 0) is 207 Å². The molecule has 534 valence electrons. The van der Waals surface area contributed by atoms with Gasteiger partial charge in [0.2, 0.25) is 0 Å². The Morgan fingerprint density at radius 3 is 1.17 bits per heavy atom. The summed E-state index contributed by atoms with van der Waals surface area (Å²) in [5, 5.41) is 0. The average Bonchev–Trinajstić information content (AvgIpc) is 0.697. The van der Waals surface area contributed by atoms with E-state index in [0.29, 0.717) is 0 Å². The van der Waals surface area contributed by atoms with Crippen molar-refractivity contribution in [1.29, 1.82) is 0 Å². The van der Waals surface area contributed by atoms with Crippen molar-refractivity contribution >= 4 is 97.6 Å². The van der Waals surface area contributed by atoms with Crippen LogP contribution in [0.4, 0.5) is 56.9 Å². The van der Waals surface area contributed by atoms with Gasteiger partial charge in [-0.15, -0.1) is 0 Å². The molecule has 13 aromatic carbocycles. The summed E-state index contributed by atoms with van der Waals surface area (Å²) in [6.45, 7) is 42.4. The SMILES string of the molecule is C=C1C2=C(C)N(c3ccccc3-c3ccccc3)c3cc(C(C)(C)C)ccc3B2c2ccc(C(C)(C)C)cc2N1c1ccccc1-c1c#ccc(-c2ccc3c(c2)B2c4ccccc4N(c4ccc(C(C)(C)C)cc4-c4ccccc4)c4cc(C(C)(C)C)cc(c42)N3c2ccc(C(C)(C)C)cc2-c2ccccc2)c1. The van der Waals surface area contributed by atoms with Crippen LogP contribution in [-0.4, -0.2) is 13.4 Å². The first-order valence-electron chi connectivity index (χ1n) is 39.0. The van der Waals surface area contributed by atoms with E-state index in [1.165, 1.54) is 117 Å². The maximum atomic E-state index is 5.29. The fourth-order valence-electron chi connectivity index (χ4n) is 17.5. The van der Waals surface area contributed by atoms with E-state index in [9.17, 15) is 0 Å². The molecule has 0 saturated carbocycles. The van der Waals surface area contributed by atoms with Gasteiger partial charge in [0, 0.05) is 73.3 Å². The minimum Gasteiger partial charge on any atom is -0.315 e. The van der Waals surface area contributed by atoms with Gasteiger partial charge in [0.1, 0.15) is 0 Å². The molecule has 4 nitrogen and oxygen atoms in total. The summed E-state index contributed by atoms with van der Waals surface area (Å²) in [4.78, 5) is 10.3. The molecule has 0 radical (unpaired) electrons. The van der Waals surface area contributed by atoms with Crippen LogP contribution in [0.25, 0.3) is 55.6 Å². The van der Waals surface area contributed by atoms with Crippen LogP contribution in [0.3, 0.4) is 0 Å². The summed E-state index contributed by atoms with van der Waals surface area (Å²) >= 11 is 0. The van der Waals surface area contributed by atoms with Crippen molar-refractivity contribution in [2.45, 2.75) is 138 Å². The number of hydrogen-bond donors (Lipinski definition) is 0. The zero-order chi connectivity index (χ0) is 76.0. The summed E-state index contributed by atoms with van der Waals surface area (Å²) in [7, 11) is 0. The van der Waals surface area contributed by atoms with Gasteiger partial charge in [-0.1, -0.05) is 317 Å². The molecule has 17 rings (SSSR count). The van der Waals surface area contributed by atoms with Crippen LogP contribution >= 0.6 is 0 Å². The molecular weight excluding hydrogens is 1310 g/mol. The fourth-order valence-corrected chi connectivity index (χ4v) is 17.5. The maximum Gasteiger partial charge on any atom is 0.252 e. The molecule has 4 aliphatic rings. The van der Waals surface area contributed by atoms with E-state index in [4.69, 9.17) is 6.58 Å². The second kappa shape index (κ2) is 26.1. The van der Waals surface area contributed by atoms with Crippen LogP contribution in [0, 0.1) is 12.1 Å². The smallest absolute Gasteiger partial charge is 0.252 e. The van der Waals surface area contributed by atoms with Gasteiger partial charge in [-0.3, -0.25) is 0 Å². The second-order valence-electron chi connectivity index (χ2n) is 35.7. The molecule has 0 aliphatic carbocycles. The summed E-state index contributed by atoms with van der Waals surface area (Å²) in [6, 6.07) is 113. The average molecular weight is 1410 g/mol. The molecule has 0 N–H and O–H groups in total. The largest absolute Gasteiger partial charge is 0.315 e. The summed E-state index contributed by atoms with van der Waals surface area (Å²) in [6.07, 6.45) is 0. The summed E-state index contributed by atoms with van der Waals surface area (Å²) < 4.78 is 0. The van der Waals surface area contributed by atoms with Crippen molar-refractivity contribution in [3.63, 3.8) is 0 Å². The second-order valence-corrected chi connectivity index (χ2v) is 35.7. The van der Waals surface area contributed by atoms with Crippen molar-refractivity contribution in [3.8, 4) is 55.6 Å². The van der Waals surface area contributed by atoms with E-state index in [-0.39, 0.29) is 40.5 Å². The normalized spacial score (nSPS) is 14.0. The number of nitrogens with zero attached hydrogens (tertiary/aromatic N) is 4. The maximum absolute atomic E-state index is 5.29. The van der Waals surface area contributed by atoms with Gasteiger partial charge in [0.15, 0.2) is 0 Å². The Morgan fingerprint density at radius 2 is 0.661 bits per heavy atom. The van der Waals surface area contributed by atoms with Crippen molar-refractivity contribution in [2.24, 2.45) is 0 Å². The Morgan fingerprint density at radius 1 is 0.275 bits per heavy atom. The predicted molar refractivity (Wildman–Crippen MR) is 469 cm³/mol. The molecule has 0 fully saturated rings. The lowest BCUT2D eigenvalue weighted by atomic mass is 9.32. The monoisotopic (exact) mass is 1410 g/mol. The minimum atomic E-state index is -0.221. The van der Waals surface area contributed by atoms with E-state index in [1.807, 2.05) is 0 Å². The van der Waals surface area contributed by atoms with E-state index >= 15 is 0 Å². The van der Waals surface area contributed by atoms with Crippen LogP contribution in [0.1, 0.15) is 139 Å². The fraction of sp³-hybridized carbons (Fsp3) is 0.204. The first-order chi connectivity index (χ1) is 52.1. The lowest BCUT2D eigenvalue weighted by Gasteiger charge is -2.46. The van der Waals surface area contributed by atoms with E-state index in [2.05, 4.69) is 422 Å². The van der Waals surface area contributed by atoms with Gasteiger partial charge in [0.05, 0.1) is 22.7 Å². The zero-order valence-electron chi connectivity index (χ0n) is 66.2. The Hall–Kier alpha value is -11.5. The number of fused-ring (bicyclic) bond motifs is 9. The highest BCUT2D eigenvalue weighted by Crippen LogP contribution is 2.53. The van der Waals surface area contributed by atoms with Crippen LogP contribution in [0.2, 0.25) is 0 Å². The zero-order valence-corrected chi connectivity index (χ0v) is 66.2. The predicted octanol–water partition coefficient (Wildman–Crippen LogP) is 24.4. The molecule has 4 aliphatic heterocycles. The van der Waals surface area contributed by atoms with Gasteiger partial charge < -0.3 is 19.6 Å². The quantitative estimate of drug-likeness (QED) is 0.134. The van der Waals surface area contributed by atoms with Gasteiger partial charge in [-0.25, -0.2) is 0 Å². The van der Waals surface area contributed by atoms with Gasteiger partial charge >= 0.3 is 0 Å². The topological polar surface area (TPSA) is 13.0 Å². The molecule has 109 heavy (non-hydrogen) atoms. The highest BCUT2D eigenvalue weighted by molar-refractivity contribution is 7.00. The molecule has 0 unspecified atom stereocenters. The molecule has 0 spiro atoms. The van der Waals surface area contributed by atoms with Crippen LogP contribution in [0.5, 0.6) is 0 Å². The van der Waals surface area contributed by atoms with Crippen LogP contribution in [-0.2, 0) is 27.1 Å². The van der Waals surface area contributed by atoms with Crippen LogP contribution in [0.15, 0.2) is 302 Å². The third-order valence-corrected chi connectivity index (χ3v) is 23.4. The molecule has 0 bridgehead atoms. The molecular formula is C103H96B2N4. The van der Waals surface area contributed by atoms with Crippen molar-refractivity contribution in [1.82, 2.24) is 0 Å². The lowest BCUT2D eigenvalue weighted by Crippen LogP contribution is -2.61. The summed E-state index contributed by atoms with van der Waals surface area (Å²) in [5.41, 5.74) is 38.1. The molecule has 4 heterocycles. The Bertz CT molecular complexity index is 5810. The van der Waals surface area contributed by atoms with Crippen molar-refractivity contribution in [3.05, 3.63) is 342 Å². The van der Waals surface area contributed by atoms with E-state index in [1.54, 1.807) is 0 Å². The number of anilines is 10. The number of hydrogen-bond acceptors (Lipinski definition) is 4. The van der Waals surface area contributed by atoms with Crippen LogP contribution < -0.4 is 46.9 Å². The van der Waals surface area contributed by atoms with Gasteiger partial charge in [0.25, 0.3) is 13.4 Å². The third kappa shape index (κ3) is 12.1. The standard InChI is InChI=1S/C103H96B2N4/c1-66-97-67(2)107(94-63-77(102(12,13)14)50-54-85(94)104(97)84-53-49-76(101(9,10)11)62-93(84)106(66)87-45-30-27-42-79(87)68-34-21-18-22-35-68)88-46-31-28-43-80(88)73-41-33-40-71(58-73)72-48-55-92-86(59-72)105-83-44-29-32-47-91(83)108(89-56-51-74(99(3,4)5)60-81(89)69-36-23-19-24-37-69)95-64-78(103(15,16)17)65-96(98(95)105)109(92)90-57-52-75(100(6,7)8)61-82(90)70-38-25-20-26-39-70/h18-32,34-40,42-65H,2H2,1,3-17H3. The molecule has 0 amide bonds. The highest BCUT2D eigenvalue weighted by atomic mass is 15.2. The van der Waals surface area contributed by atoms with Crippen molar-refractivity contribution < 1.29 is 0 Å². The number of benzene rings is 12. The molecule has 0 atom stereocenters. The van der Waals surface area contributed by atoms with E-state index in [0.717, 1.165) is 67.8 Å². The molecule has 6 heteroatoms. The Labute approximate surface area is 649 Å². The minimum absolute atomic E-state index is 0.0783. The Balaban J connectivity index is 0.868. The molecule has 13 aromatic rings. The first-order valence-corrected chi connectivity index (χ1v) is 39.0. The third-order valence-electron chi connectivity index (χ3n) is 23.4. The van der Waals surface area contributed by atoms with Gasteiger partial charge in [-0.2, -0.15) is 0 Å². The number of allylic oxidation sites excluding steroid dienone is 2. The molecule has 0 saturated heterocycles. The first kappa shape index (κ1) is 70.5. The summed E-state index contributed by atoms with van der Waals surface area (Å²) in [5.74, 6) is 0. The number of rotatable bonds is 9. The highest BCUT2D eigenvalue weighted by Gasteiger charge is 2.48.